The fourth-order valence-electron chi connectivity index (χ4n) is 6.26. The number of hydrogen-bond acceptors (Lipinski definition) is 3. The summed E-state index contributed by atoms with van der Waals surface area (Å²) in [4.78, 5) is 24.7. The lowest BCUT2D eigenvalue weighted by atomic mass is 9.53. The molecule has 0 aromatic rings. The first-order valence-electron chi connectivity index (χ1n) is 6.74. The Morgan fingerprint density at radius 3 is 2.06 bits per heavy atom. The number of halogens is 1. The number of allylic oxidation sites excluding steroid dienone is 2. The number of fused-ring (bicyclic) bond motifs is 4. The molecule has 1 saturated heterocycles. The highest BCUT2D eigenvalue weighted by molar-refractivity contribution is 6.05. The summed E-state index contributed by atoms with van der Waals surface area (Å²) >= 11 is 0. The summed E-state index contributed by atoms with van der Waals surface area (Å²) in [5, 5.41) is 0. The second-order valence-electron chi connectivity index (χ2n) is 6.48. The van der Waals surface area contributed by atoms with Crippen LogP contribution in [0.25, 0.3) is 0 Å². The van der Waals surface area contributed by atoms with Crippen LogP contribution in [0.2, 0.25) is 0 Å². The highest BCUT2D eigenvalue weighted by atomic mass is 19.1. The Bertz CT molecular complexity index is 497. The topological polar surface area (TPSA) is 43.4 Å². The second kappa shape index (κ2) is 2.43. The lowest BCUT2D eigenvalue weighted by molar-refractivity contribution is -0.159. The summed E-state index contributed by atoms with van der Waals surface area (Å²) in [6, 6.07) is 0. The van der Waals surface area contributed by atoms with Crippen molar-refractivity contribution in [3.8, 4) is 0 Å². The number of carbonyl (C=O) groups is 2. The second-order valence-corrected chi connectivity index (χ2v) is 6.48. The minimum absolute atomic E-state index is 0.0231. The van der Waals surface area contributed by atoms with Crippen molar-refractivity contribution in [1.82, 2.24) is 0 Å². The third-order valence-electron chi connectivity index (χ3n) is 6.53. The van der Waals surface area contributed by atoms with Crippen molar-refractivity contribution in [2.75, 3.05) is 0 Å². The molecule has 4 fully saturated rings. The lowest BCUT2D eigenvalue weighted by Gasteiger charge is -2.43. The zero-order valence-electron chi connectivity index (χ0n) is 9.77. The van der Waals surface area contributed by atoms with Crippen molar-refractivity contribution < 1.29 is 18.7 Å². The number of alkyl halides is 1. The fourth-order valence-corrected chi connectivity index (χ4v) is 6.26. The fraction of sp³-hybridized carbons (Fsp3) is 0.714. The molecular formula is C14H13FO3. The molecule has 5 rings (SSSR count). The smallest absolute Gasteiger partial charge is 0.321 e. The minimum atomic E-state index is -0.994. The molecule has 0 radical (unpaired) electrons. The Kier molecular flexibility index (Phi) is 1.31. The normalized spacial score (nSPS) is 62.4. The molecule has 1 heterocycles. The molecule has 4 bridgehead atoms. The van der Waals surface area contributed by atoms with E-state index in [1.807, 2.05) is 12.2 Å². The van der Waals surface area contributed by atoms with Crippen LogP contribution in [0.1, 0.15) is 19.3 Å². The monoisotopic (exact) mass is 248 g/mol. The van der Waals surface area contributed by atoms with Gasteiger partial charge in [-0.25, -0.2) is 4.39 Å². The standard InChI is InChI=1S/C14H13FO3/c15-10-8-3-4-9(10)14-7-2-1-6(5-7)13(8,14)11(16)18-12(14)17/h1-2,6-10H,3-5H2/t6-,7+,8+,9-,10?,13-,14+. The summed E-state index contributed by atoms with van der Waals surface area (Å²) < 4.78 is 19.5. The molecule has 18 heavy (non-hydrogen) atoms. The largest absolute Gasteiger partial charge is 0.392 e. The Morgan fingerprint density at radius 2 is 1.56 bits per heavy atom. The van der Waals surface area contributed by atoms with Crippen molar-refractivity contribution in [3.05, 3.63) is 12.2 Å². The quantitative estimate of drug-likeness (QED) is 0.372. The van der Waals surface area contributed by atoms with Gasteiger partial charge in [-0.15, -0.1) is 0 Å². The molecule has 0 amide bonds. The average Bonchev–Trinajstić information content (AvgIpc) is 3.08. The van der Waals surface area contributed by atoms with E-state index >= 15 is 0 Å². The van der Waals surface area contributed by atoms with Crippen molar-refractivity contribution in [2.45, 2.75) is 25.4 Å². The number of hydrogen-bond donors (Lipinski definition) is 0. The van der Waals surface area contributed by atoms with Gasteiger partial charge in [0.05, 0.1) is 10.8 Å². The highest BCUT2D eigenvalue weighted by Crippen LogP contribution is 2.81. The maximum Gasteiger partial charge on any atom is 0.321 e. The van der Waals surface area contributed by atoms with Gasteiger partial charge in [-0.3, -0.25) is 9.59 Å². The Labute approximate surface area is 103 Å². The first kappa shape index (κ1) is 9.70. The number of ether oxygens (including phenoxy) is 1. The maximum absolute atomic E-state index is 14.5. The van der Waals surface area contributed by atoms with Crippen LogP contribution in [0.3, 0.4) is 0 Å². The van der Waals surface area contributed by atoms with Crippen LogP contribution in [-0.2, 0) is 14.3 Å². The van der Waals surface area contributed by atoms with Crippen LogP contribution >= 0.6 is 0 Å². The van der Waals surface area contributed by atoms with E-state index in [9.17, 15) is 14.0 Å². The van der Waals surface area contributed by atoms with E-state index in [4.69, 9.17) is 4.74 Å². The van der Waals surface area contributed by atoms with Gasteiger partial charge in [0.15, 0.2) is 0 Å². The molecule has 0 aromatic carbocycles. The van der Waals surface area contributed by atoms with E-state index in [-0.39, 0.29) is 23.7 Å². The molecule has 0 spiro atoms. The van der Waals surface area contributed by atoms with E-state index in [0.29, 0.717) is 0 Å². The zero-order valence-corrected chi connectivity index (χ0v) is 9.77. The third-order valence-corrected chi connectivity index (χ3v) is 6.53. The molecular weight excluding hydrogens is 235 g/mol. The van der Waals surface area contributed by atoms with E-state index in [2.05, 4.69) is 0 Å². The summed E-state index contributed by atoms with van der Waals surface area (Å²) in [6.45, 7) is 0. The van der Waals surface area contributed by atoms with E-state index in [1.165, 1.54) is 0 Å². The van der Waals surface area contributed by atoms with Gasteiger partial charge in [-0.2, -0.15) is 0 Å². The minimum Gasteiger partial charge on any atom is -0.392 e. The van der Waals surface area contributed by atoms with Crippen LogP contribution in [0.4, 0.5) is 4.39 Å². The van der Waals surface area contributed by atoms with Crippen molar-refractivity contribution in [1.29, 1.82) is 0 Å². The third kappa shape index (κ3) is 0.580. The molecule has 4 heteroatoms. The van der Waals surface area contributed by atoms with Crippen LogP contribution in [0, 0.1) is 34.5 Å². The molecule has 94 valence electrons. The van der Waals surface area contributed by atoms with Crippen LogP contribution in [0.15, 0.2) is 12.2 Å². The Morgan fingerprint density at radius 1 is 1.06 bits per heavy atom. The molecule has 0 N–H and O–H groups in total. The molecule has 0 aromatic heterocycles. The van der Waals surface area contributed by atoms with Gasteiger partial charge in [0.25, 0.3) is 0 Å². The average molecular weight is 248 g/mol. The zero-order chi connectivity index (χ0) is 12.3. The lowest BCUT2D eigenvalue weighted by Crippen LogP contribution is -2.51. The molecule has 1 unspecified atom stereocenters. The van der Waals surface area contributed by atoms with Gasteiger partial charge < -0.3 is 4.74 Å². The van der Waals surface area contributed by atoms with Crippen molar-refractivity contribution in [2.24, 2.45) is 34.5 Å². The molecule has 1 aliphatic heterocycles. The molecule has 3 saturated carbocycles. The predicted molar refractivity (Wildman–Crippen MR) is 57.8 cm³/mol. The van der Waals surface area contributed by atoms with Crippen LogP contribution in [-0.4, -0.2) is 18.1 Å². The van der Waals surface area contributed by atoms with Gasteiger partial charge in [-0.1, -0.05) is 12.2 Å². The summed E-state index contributed by atoms with van der Waals surface area (Å²) in [5.74, 6) is -1.40. The first-order chi connectivity index (χ1) is 8.65. The molecule has 3 nitrogen and oxygen atoms in total. The van der Waals surface area contributed by atoms with Gasteiger partial charge in [-0.05, 0) is 31.1 Å². The van der Waals surface area contributed by atoms with Crippen LogP contribution < -0.4 is 0 Å². The van der Waals surface area contributed by atoms with Gasteiger partial charge in [0, 0.05) is 11.8 Å². The SMILES string of the molecule is O=C1OC(=O)[C@]23[C@@H]4C=C[C@@H](C4)[C@]12[C@@H]1CC[C@H]3C1F. The number of carbonyl (C=O) groups excluding carboxylic acids is 2. The number of cyclic esters (lactones) is 2. The highest BCUT2D eigenvalue weighted by Gasteiger charge is 2.89. The molecule has 7 atom stereocenters. The van der Waals surface area contributed by atoms with Gasteiger partial charge >= 0.3 is 11.9 Å². The Hall–Kier alpha value is -1.19. The van der Waals surface area contributed by atoms with Gasteiger partial charge in [0.2, 0.25) is 0 Å². The summed E-state index contributed by atoms with van der Waals surface area (Å²) in [7, 11) is 0. The van der Waals surface area contributed by atoms with E-state index in [0.717, 1.165) is 19.3 Å². The maximum atomic E-state index is 14.5. The summed E-state index contributed by atoms with van der Waals surface area (Å²) in [5.41, 5.74) is -1.68. The van der Waals surface area contributed by atoms with Gasteiger partial charge in [0.1, 0.15) is 6.17 Å². The molecule has 4 aliphatic carbocycles. The molecule has 5 aliphatic rings. The van der Waals surface area contributed by atoms with Crippen molar-refractivity contribution in [3.63, 3.8) is 0 Å². The van der Waals surface area contributed by atoms with Crippen molar-refractivity contribution >= 4 is 11.9 Å². The predicted octanol–water partition coefficient (Wildman–Crippen LogP) is 1.63. The van der Waals surface area contributed by atoms with E-state index < -0.39 is 28.9 Å². The number of esters is 2. The van der Waals surface area contributed by atoms with Crippen LogP contribution in [0.5, 0.6) is 0 Å². The Balaban J connectivity index is 1.89. The summed E-state index contributed by atoms with van der Waals surface area (Å²) in [6.07, 6.45) is 5.35. The first-order valence-corrected chi connectivity index (χ1v) is 6.74. The van der Waals surface area contributed by atoms with E-state index in [1.54, 1.807) is 0 Å². The number of rotatable bonds is 0.